The molecule has 0 heterocycles. The maximum Gasteiger partial charge on any atom is 0.317 e. The summed E-state index contributed by atoms with van der Waals surface area (Å²) in [5, 5.41) is 11.4. The molecule has 1 fully saturated rings. The summed E-state index contributed by atoms with van der Waals surface area (Å²) in [5.74, 6) is -5.09. The van der Waals surface area contributed by atoms with Crippen LogP contribution in [0.5, 0.6) is 0 Å². The van der Waals surface area contributed by atoms with Gasteiger partial charge in [0.05, 0.1) is 23.7 Å². The minimum absolute atomic E-state index is 0.340. The van der Waals surface area contributed by atoms with Crippen molar-refractivity contribution in [2.24, 2.45) is 11.8 Å². The minimum Gasteiger partial charge on any atom is -0.463 e. The van der Waals surface area contributed by atoms with Crippen LogP contribution < -0.4 is 0 Å². The Morgan fingerprint density at radius 3 is 2.07 bits per heavy atom. The van der Waals surface area contributed by atoms with Crippen LogP contribution in [0, 0.1) is 11.8 Å². The second-order valence-corrected chi connectivity index (χ2v) is 8.44. The van der Waals surface area contributed by atoms with E-state index in [1.165, 1.54) is 6.92 Å². The topological polar surface area (TPSA) is 89.9 Å². The molecule has 154 valence electrons. The van der Waals surface area contributed by atoms with Crippen molar-refractivity contribution in [2.75, 3.05) is 0 Å². The average molecular weight is 411 g/mol. The van der Waals surface area contributed by atoms with E-state index in [9.17, 15) is 19.5 Å². The van der Waals surface area contributed by atoms with Gasteiger partial charge in [-0.25, -0.2) is 0 Å². The van der Waals surface area contributed by atoms with Crippen molar-refractivity contribution < 1.29 is 29.0 Å². The lowest BCUT2D eigenvalue weighted by molar-refractivity contribution is -0.176. The zero-order valence-electron chi connectivity index (χ0n) is 16.8. The first kappa shape index (κ1) is 22.4. The molecule has 0 bridgehead atoms. The van der Waals surface area contributed by atoms with Crippen molar-refractivity contribution in [1.82, 2.24) is 0 Å². The lowest BCUT2D eigenvalue weighted by Gasteiger charge is -2.44. The van der Waals surface area contributed by atoms with E-state index in [0.717, 1.165) is 0 Å². The molecule has 4 atom stereocenters. The van der Waals surface area contributed by atoms with Gasteiger partial charge in [-0.1, -0.05) is 23.7 Å². The number of rotatable bonds is 5. The third-order valence-electron chi connectivity index (χ3n) is 4.73. The van der Waals surface area contributed by atoms with Crippen molar-refractivity contribution >= 4 is 29.3 Å². The largest absolute Gasteiger partial charge is 0.463 e. The van der Waals surface area contributed by atoms with E-state index in [4.69, 9.17) is 21.1 Å². The Morgan fingerprint density at radius 2 is 1.57 bits per heavy atom. The van der Waals surface area contributed by atoms with Crippen molar-refractivity contribution in [3.8, 4) is 0 Å². The van der Waals surface area contributed by atoms with Crippen LogP contribution in [0.25, 0.3) is 0 Å². The number of hydrogen-bond donors (Lipinski definition) is 1. The highest BCUT2D eigenvalue weighted by molar-refractivity contribution is 6.30. The second-order valence-electron chi connectivity index (χ2n) is 8.00. The fourth-order valence-corrected chi connectivity index (χ4v) is 3.84. The number of carbonyl (C=O) groups excluding carboxylic acids is 3. The van der Waals surface area contributed by atoms with Gasteiger partial charge in [-0.2, -0.15) is 0 Å². The predicted molar refractivity (Wildman–Crippen MR) is 104 cm³/mol. The number of aliphatic hydroxyl groups is 1. The molecule has 0 saturated heterocycles. The highest BCUT2D eigenvalue weighted by Crippen LogP contribution is 2.47. The molecule has 0 amide bonds. The van der Waals surface area contributed by atoms with Crippen LogP contribution in [0.15, 0.2) is 24.3 Å². The van der Waals surface area contributed by atoms with Gasteiger partial charge in [0.2, 0.25) is 0 Å². The maximum absolute atomic E-state index is 12.9. The zero-order valence-corrected chi connectivity index (χ0v) is 17.5. The van der Waals surface area contributed by atoms with Crippen LogP contribution in [0.3, 0.4) is 0 Å². The smallest absolute Gasteiger partial charge is 0.317 e. The zero-order chi connectivity index (χ0) is 21.2. The first-order chi connectivity index (χ1) is 12.9. The third kappa shape index (κ3) is 4.92. The molecule has 1 aromatic rings. The maximum atomic E-state index is 12.9. The Hall–Kier alpha value is -1.92. The van der Waals surface area contributed by atoms with Gasteiger partial charge in [-0.15, -0.1) is 0 Å². The van der Waals surface area contributed by atoms with Crippen molar-refractivity contribution in [3.63, 3.8) is 0 Å². The molecule has 0 spiro atoms. The fourth-order valence-electron chi connectivity index (χ4n) is 3.71. The molecule has 1 saturated carbocycles. The average Bonchev–Trinajstić information content (AvgIpc) is 2.52. The molecule has 0 unspecified atom stereocenters. The van der Waals surface area contributed by atoms with Gasteiger partial charge in [-0.05, 0) is 52.3 Å². The summed E-state index contributed by atoms with van der Waals surface area (Å²) in [5.41, 5.74) is -1.13. The van der Waals surface area contributed by atoms with Crippen molar-refractivity contribution in [1.29, 1.82) is 0 Å². The number of benzene rings is 1. The number of ketones is 1. The SMILES string of the molecule is CC(C)OC(=O)[C@H]1C(=O)C[C@](C)(O)[C@@H](C(=O)OC(C)C)[C@H]1c1ccc(Cl)cc1. The lowest BCUT2D eigenvalue weighted by Crippen LogP contribution is -2.55. The highest BCUT2D eigenvalue weighted by Gasteiger charge is 2.57. The van der Waals surface area contributed by atoms with E-state index in [1.807, 2.05) is 0 Å². The molecule has 6 nitrogen and oxygen atoms in total. The molecule has 0 aromatic heterocycles. The van der Waals surface area contributed by atoms with Crippen molar-refractivity contribution in [2.45, 2.75) is 64.8 Å². The summed E-state index contributed by atoms with van der Waals surface area (Å²) in [6.45, 7) is 8.18. The highest BCUT2D eigenvalue weighted by atomic mass is 35.5. The molecule has 2 rings (SSSR count). The summed E-state index contributed by atoms with van der Waals surface area (Å²) in [6.07, 6.45) is -1.17. The number of ether oxygens (including phenoxy) is 2. The van der Waals surface area contributed by atoms with Crippen LogP contribution in [0.4, 0.5) is 0 Å². The summed E-state index contributed by atoms with van der Waals surface area (Å²) < 4.78 is 10.7. The van der Waals surface area contributed by atoms with Crippen LogP contribution in [-0.2, 0) is 23.9 Å². The first-order valence-corrected chi connectivity index (χ1v) is 9.73. The number of halogens is 1. The summed E-state index contributed by atoms with van der Waals surface area (Å²) in [6, 6.07) is 6.51. The van der Waals surface area contributed by atoms with Gasteiger partial charge in [0.25, 0.3) is 0 Å². The number of Topliss-reactive ketones (excluding diaryl/α,β-unsaturated/α-hetero) is 1. The summed E-state index contributed by atoms with van der Waals surface area (Å²) in [7, 11) is 0. The van der Waals surface area contributed by atoms with E-state index in [1.54, 1.807) is 52.0 Å². The predicted octanol–water partition coefficient (Wildman–Crippen LogP) is 3.28. The van der Waals surface area contributed by atoms with Crippen LogP contribution in [0.1, 0.15) is 52.5 Å². The molecular formula is C21H27ClO6. The van der Waals surface area contributed by atoms with E-state index in [2.05, 4.69) is 0 Å². The van der Waals surface area contributed by atoms with Gasteiger partial charge in [0, 0.05) is 17.4 Å². The van der Waals surface area contributed by atoms with Crippen LogP contribution in [0.2, 0.25) is 5.02 Å². The number of esters is 2. The Bertz CT molecular complexity index is 730. The minimum atomic E-state index is -1.66. The Balaban J connectivity index is 2.59. The fraction of sp³-hybridized carbons (Fsp3) is 0.571. The standard InChI is InChI=1S/C21H27ClO6/c1-11(2)27-19(24)17-15(23)10-21(5,26)18(20(25)28-12(3)4)16(17)13-6-8-14(22)9-7-13/h6-9,11-12,16-18,26H,10H2,1-5H3/t16-,17-,18+,21-/m0/s1. The van der Waals surface area contributed by atoms with E-state index in [0.29, 0.717) is 10.6 Å². The monoisotopic (exact) mass is 410 g/mol. The molecule has 0 radical (unpaired) electrons. The Labute approximate surface area is 170 Å². The van der Waals surface area contributed by atoms with Gasteiger partial charge in [0.15, 0.2) is 5.78 Å². The molecule has 1 aliphatic carbocycles. The lowest BCUT2D eigenvalue weighted by atomic mass is 9.61. The van der Waals surface area contributed by atoms with Gasteiger partial charge >= 0.3 is 11.9 Å². The normalized spacial score (nSPS) is 27.8. The van der Waals surface area contributed by atoms with Crippen LogP contribution >= 0.6 is 11.6 Å². The third-order valence-corrected chi connectivity index (χ3v) is 4.99. The second kappa shape index (κ2) is 8.62. The Morgan fingerprint density at radius 1 is 1.07 bits per heavy atom. The molecule has 0 aliphatic heterocycles. The van der Waals surface area contributed by atoms with Crippen LogP contribution in [-0.4, -0.2) is 40.6 Å². The Kier molecular flexibility index (Phi) is 6.88. The van der Waals surface area contributed by atoms with E-state index >= 15 is 0 Å². The molecular weight excluding hydrogens is 384 g/mol. The van der Waals surface area contributed by atoms with Crippen molar-refractivity contribution in [3.05, 3.63) is 34.9 Å². The molecule has 28 heavy (non-hydrogen) atoms. The molecule has 1 aromatic carbocycles. The van der Waals surface area contributed by atoms with Gasteiger partial charge in [-0.3, -0.25) is 14.4 Å². The first-order valence-electron chi connectivity index (χ1n) is 9.35. The van der Waals surface area contributed by atoms with E-state index in [-0.39, 0.29) is 6.42 Å². The quantitative estimate of drug-likeness (QED) is 0.591. The van der Waals surface area contributed by atoms with Gasteiger partial charge < -0.3 is 14.6 Å². The summed E-state index contributed by atoms with van der Waals surface area (Å²) in [4.78, 5) is 38.5. The molecule has 1 N–H and O–H groups in total. The van der Waals surface area contributed by atoms with Gasteiger partial charge in [0.1, 0.15) is 5.92 Å². The molecule has 7 heteroatoms. The number of hydrogen-bond acceptors (Lipinski definition) is 6. The number of carbonyl (C=O) groups is 3. The molecule has 1 aliphatic rings. The summed E-state index contributed by atoms with van der Waals surface area (Å²) >= 11 is 5.97. The van der Waals surface area contributed by atoms with E-state index < -0.39 is 53.3 Å².